The standard InChI is InChI=1S/C16H32N2O3/c1-16(2)13-18(15(12-17-16)14-4-5-14)6-7-20-10-11-21-9-8-19-3/h14-15,17H,4-13H2,1-3H3. The molecule has 0 aromatic rings. The molecule has 0 aromatic heterocycles. The van der Waals surface area contributed by atoms with E-state index in [9.17, 15) is 0 Å². The van der Waals surface area contributed by atoms with Crippen molar-refractivity contribution < 1.29 is 14.2 Å². The predicted molar refractivity (Wildman–Crippen MR) is 83.7 cm³/mol. The molecule has 0 bridgehead atoms. The molecule has 1 aliphatic heterocycles. The summed E-state index contributed by atoms with van der Waals surface area (Å²) in [7, 11) is 1.69. The molecule has 1 saturated carbocycles. The molecule has 1 unspecified atom stereocenters. The Morgan fingerprint density at radius 1 is 1.05 bits per heavy atom. The molecule has 0 radical (unpaired) electrons. The summed E-state index contributed by atoms with van der Waals surface area (Å²) in [5.74, 6) is 0.908. The van der Waals surface area contributed by atoms with Crippen LogP contribution in [0.25, 0.3) is 0 Å². The van der Waals surface area contributed by atoms with E-state index < -0.39 is 0 Å². The van der Waals surface area contributed by atoms with Crippen molar-refractivity contribution in [1.82, 2.24) is 10.2 Å². The van der Waals surface area contributed by atoms with Crippen LogP contribution in [0.15, 0.2) is 0 Å². The van der Waals surface area contributed by atoms with Crippen LogP contribution in [0.1, 0.15) is 26.7 Å². The van der Waals surface area contributed by atoms with Crippen LogP contribution in [-0.2, 0) is 14.2 Å². The Hall–Kier alpha value is -0.200. The lowest BCUT2D eigenvalue weighted by Gasteiger charge is -2.45. The lowest BCUT2D eigenvalue weighted by Crippen LogP contribution is -2.62. The molecular formula is C16H32N2O3. The van der Waals surface area contributed by atoms with Gasteiger partial charge in [0.05, 0.1) is 33.0 Å². The Morgan fingerprint density at radius 3 is 2.38 bits per heavy atom. The van der Waals surface area contributed by atoms with Crippen molar-refractivity contribution in [2.45, 2.75) is 38.3 Å². The molecule has 5 nitrogen and oxygen atoms in total. The van der Waals surface area contributed by atoms with Gasteiger partial charge in [0.2, 0.25) is 0 Å². The summed E-state index contributed by atoms with van der Waals surface area (Å²) in [6.45, 7) is 11.3. The summed E-state index contributed by atoms with van der Waals surface area (Å²) in [6.07, 6.45) is 2.80. The topological polar surface area (TPSA) is 43.0 Å². The highest BCUT2D eigenvalue weighted by Crippen LogP contribution is 2.37. The van der Waals surface area contributed by atoms with Crippen LogP contribution in [0.4, 0.5) is 0 Å². The van der Waals surface area contributed by atoms with Gasteiger partial charge in [-0.15, -0.1) is 0 Å². The zero-order valence-electron chi connectivity index (χ0n) is 13.9. The highest BCUT2D eigenvalue weighted by molar-refractivity contribution is 4.98. The number of nitrogens with one attached hydrogen (secondary N) is 1. The highest BCUT2D eigenvalue weighted by atomic mass is 16.5. The van der Waals surface area contributed by atoms with Gasteiger partial charge >= 0.3 is 0 Å². The average molecular weight is 300 g/mol. The van der Waals surface area contributed by atoms with Crippen molar-refractivity contribution in [3.63, 3.8) is 0 Å². The summed E-state index contributed by atoms with van der Waals surface area (Å²) in [6, 6.07) is 0.708. The van der Waals surface area contributed by atoms with Crippen LogP contribution in [-0.4, -0.2) is 76.3 Å². The molecule has 1 N–H and O–H groups in total. The molecular weight excluding hydrogens is 268 g/mol. The van der Waals surface area contributed by atoms with Gasteiger partial charge in [0, 0.05) is 38.3 Å². The predicted octanol–water partition coefficient (Wildman–Crippen LogP) is 1.13. The van der Waals surface area contributed by atoms with Gasteiger partial charge in [-0.25, -0.2) is 0 Å². The van der Waals surface area contributed by atoms with Crippen LogP contribution in [0.3, 0.4) is 0 Å². The van der Waals surface area contributed by atoms with Crippen molar-refractivity contribution in [1.29, 1.82) is 0 Å². The van der Waals surface area contributed by atoms with Crippen molar-refractivity contribution >= 4 is 0 Å². The van der Waals surface area contributed by atoms with Gasteiger partial charge in [0.25, 0.3) is 0 Å². The summed E-state index contributed by atoms with van der Waals surface area (Å²) >= 11 is 0. The van der Waals surface area contributed by atoms with Gasteiger partial charge in [-0.3, -0.25) is 4.90 Å². The molecule has 0 aromatic carbocycles. The molecule has 0 spiro atoms. The number of hydrogen-bond donors (Lipinski definition) is 1. The third-order valence-corrected chi connectivity index (χ3v) is 4.35. The first-order valence-electron chi connectivity index (χ1n) is 8.26. The second-order valence-electron chi connectivity index (χ2n) is 6.86. The minimum atomic E-state index is 0.217. The smallest absolute Gasteiger partial charge is 0.0701 e. The molecule has 5 heteroatoms. The third kappa shape index (κ3) is 6.20. The van der Waals surface area contributed by atoms with Gasteiger partial charge in [-0.2, -0.15) is 0 Å². The van der Waals surface area contributed by atoms with Gasteiger partial charge in [-0.05, 0) is 32.6 Å². The number of methoxy groups -OCH3 is 1. The quantitative estimate of drug-likeness (QED) is 0.613. The van der Waals surface area contributed by atoms with E-state index in [1.165, 1.54) is 12.8 Å². The fraction of sp³-hybridized carbons (Fsp3) is 1.00. The normalized spacial score (nSPS) is 26.1. The average Bonchev–Trinajstić information content (AvgIpc) is 3.25. The van der Waals surface area contributed by atoms with Crippen LogP contribution in [0, 0.1) is 5.92 Å². The molecule has 2 fully saturated rings. The molecule has 1 saturated heterocycles. The van der Waals surface area contributed by atoms with Crippen molar-refractivity contribution in [3.8, 4) is 0 Å². The zero-order valence-corrected chi connectivity index (χ0v) is 13.9. The number of nitrogens with zero attached hydrogens (tertiary/aromatic N) is 1. The molecule has 124 valence electrons. The second kappa shape index (κ2) is 8.44. The van der Waals surface area contributed by atoms with E-state index in [1.54, 1.807) is 7.11 Å². The van der Waals surface area contributed by atoms with Crippen LogP contribution >= 0.6 is 0 Å². The Bertz CT molecular complexity index is 295. The van der Waals surface area contributed by atoms with Gasteiger partial charge in [-0.1, -0.05) is 0 Å². The second-order valence-corrected chi connectivity index (χ2v) is 6.86. The van der Waals surface area contributed by atoms with Crippen LogP contribution in [0.2, 0.25) is 0 Å². The largest absolute Gasteiger partial charge is 0.382 e. The molecule has 2 rings (SSSR count). The first-order chi connectivity index (χ1) is 10.1. The molecule has 2 aliphatic rings. The van der Waals surface area contributed by atoms with E-state index in [2.05, 4.69) is 24.1 Å². The van der Waals surface area contributed by atoms with E-state index in [4.69, 9.17) is 14.2 Å². The molecule has 21 heavy (non-hydrogen) atoms. The summed E-state index contributed by atoms with van der Waals surface area (Å²) in [4.78, 5) is 2.62. The fourth-order valence-electron chi connectivity index (χ4n) is 3.03. The van der Waals surface area contributed by atoms with E-state index in [0.29, 0.717) is 32.5 Å². The Labute approximate surface area is 129 Å². The van der Waals surface area contributed by atoms with E-state index in [-0.39, 0.29) is 5.54 Å². The Balaban J connectivity index is 1.58. The summed E-state index contributed by atoms with van der Waals surface area (Å²) < 4.78 is 16.0. The lowest BCUT2D eigenvalue weighted by atomic mass is 9.96. The van der Waals surface area contributed by atoms with E-state index >= 15 is 0 Å². The number of rotatable bonds is 10. The first kappa shape index (κ1) is 17.2. The fourth-order valence-corrected chi connectivity index (χ4v) is 3.03. The monoisotopic (exact) mass is 300 g/mol. The molecule has 1 atom stereocenters. The van der Waals surface area contributed by atoms with E-state index in [0.717, 1.165) is 32.2 Å². The number of ether oxygens (including phenoxy) is 3. The maximum Gasteiger partial charge on any atom is 0.0701 e. The lowest BCUT2D eigenvalue weighted by molar-refractivity contribution is 0.00657. The van der Waals surface area contributed by atoms with Crippen molar-refractivity contribution in [2.75, 3.05) is 59.8 Å². The maximum atomic E-state index is 5.71. The van der Waals surface area contributed by atoms with Crippen LogP contribution < -0.4 is 5.32 Å². The molecule has 1 heterocycles. The minimum Gasteiger partial charge on any atom is -0.382 e. The van der Waals surface area contributed by atoms with Crippen molar-refractivity contribution in [2.24, 2.45) is 5.92 Å². The zero-order chi connectivity index (χ0) is 15.1. The first-order valence-corrected chi connectivity index (χ1v) is 8.26. The third-order valence-electron chi connectivity index (χ3n) is 4.35. The Morgan fingerprint density at radius 2 is 1.71 bits per heavy atom. The molecule has 0 amide bonds. The van der Waals surface area contributed by atoms with Gasteiger partial charge in [0.1, 0.15) is 0 Å². The van der Waals surface area contributed by atoms with Gasteiger partial charge < -0.3 is 19.5 Å². The van der Waals surface area contributed by atoms with Gasteiger partial charge in [0.15, 0.2) is 0 Å². The minimum absolute atomic E-state index is 0.217. The number of hydrogen-bond acceptors (Lipinski definition) is 5. The number of piperazine rings is 1. The molecule has 1 aliphatic carbocycles. The Kier molecular flexibility index (Phi) is 6.89. The summed E-state index contributed by atoms with van der Waals surface area (Å²) in [5, 5.41) is 3.68. The van der Waals surface area contributed by atoms with Crippen LogP contribution in [0.5, 0.6) is 0 Å². The summed E-state index contributed by atoms with van der Waals surface area (Å²) in [5.41, 5.74) is 0.217. The highest BCUT2D eigenvalue weighted by Gasteiger charge is 2.40. The van der Waals surface area contributed by atoms with Crippen molar-refractivity contribution in [3.05, 3.63) is 0 Å². The SMILES string of the molecule is COCCOCCOCCN1CC(C)(C)NCC1C1CC1. The van der Waals surface area contributed by atoms with E-state index in [1.807, 2.05) is 0 Å². The maximum absolute atomic E-state index is 5.71.